The predicted molar refractivity (Wildman–Crippen MR) is 70.4 cm³/mol. The maximum Gasteiger partial charge on any atom is 0.337 e. The van der Waals surface area contributed by atoms with Crippen molar-refractivity contribution in [2.75, 3.05) is 24.2 Å². The van der Waals surface area contributed by atoms with E-state index in [1.165, 1.54) is 19.2 Å². The summed E-state index contributed by atoms with van der Waals surface area (Å²) in [5.74, 6) is -1.45. The van der Waals surface area contributed by atoms with Crippen LogP contribution >= 0.6 is 15.9 Å². The molecule has 2 N–H and O–H groups in total. The van der Waals surface area contributed by atoms with Gasteiger partial charge in [0, 0.05) is 11.6 Å². The Labute approximate surface area is 113 Å². The van der Waals surface area contributed by atoms with Crippen LogP contribution < -0.4 is 4.72 Å². The number of sulfonamides is 1. The number of ether oxygens (including phenoxy) is 1. The Morgan fingerprint density at radius 3 is 2.72 bits per heavy atom. The van der Waals surface area contributed by atoms with E-state index in [4.69, 9.17) is 5.11 Å². The lowest BCUT2D eigenvalue weighted by Gasteiger charge is -2.11. The van der Waals surface area contributed by atoms with E-state index < -0.39 is 16.0 Å². The molecule has 8 heteroatoms. The Hall–Kier alpha value is -1.12. The van der Waals surface area contributed by atoms with E-state index >= 15 is 0 Å². The minimum atomic E-state index is -3.64. The number of anilines is 1. The van der Waals surface area contributed by atoms with E-state index in [-0.39, 0.29) is 23.6 Å². The van der Waals surface area contributed by atoms with Crippen LogP contribution in [0.5, 0.6) is 0 Å². The second-order valence-corrected chi connectivity index (χ2v) is 6.08. The second kappa shape index (κ2) is 6.17. The largest absolute Gasteiger partial charge is 0.478 e. The number of benzene rings is 1. The third kappa shape index (κ3) is 3.97. The molecule has 1 aromatic rings. The minimum Gasteiger partial charge on any atom is -0.478 e. The van der Waals surface area contributed by atoms with Crippen LogP contribution in [-0.2, 0) is 14.8 Å². The highest BCUT2D eigenvalue weighted by Gasteiger charge is 2.18. The summed E-state index contributed by atoms with van der Waals surface area (Å²) >= 11 is 3.11. The smallest absolute Gasteiger partial charge is 0.337 e. The predicted octanol–water partition coefficient (Wildman–Crippen LogP) is 1.54. The molecule has 0 heterocycles. The van der Waals surface area contributed by atoms with E-state index in [1.807, 2.05) is 0 Å². The first-order valence-corrected chi connectivity index (χ1v) is 7.33. The fourth-order valence-electron chi connectivity index (χ4n) is 1.21. The fourth-order valence-corrected chi connectivity index (χ4v) is 2.82. The van der Waals surface area contributed by atoms with Gasteiger partial charge in [-0.3, -0.25) is 4.72 Å². The Morgan fingerprint density at radius 1 is 1.50 bits per heavy atom. The van der Waals surface area contributed by atoms with Gasteiger partial charge in [-0.05, 0) is 28.1 Å². The van der Waals surface area contributed by atoms with Crippen molar-refractivity contribution in [3.63, 3.8) is 0 Å². The summed E-state index contributed by atoms with van der Waals surface area (Å²) in [6.45, 7) is 0.0300. The molecule has 0 aromatic heterocycles. The number of nitrogens with one attached hydrogen (secondary N) is 1. The first-order valence-electron chi connectivity index (χ1n) is 4.88. The Bertz CT molecular complexity index is 543. The van der Waals surface area contributed by atoms with Gasteiger partial charge in [0.25, 0.3) is 0 Å². The van der Waals surface area contributed by atoms with Gasteiger partial charge >= 0.3 is 5.97 Å². The van der Waals surface area contributed by atoms with Gasteiger partial charge in [0.2, 0.25) is 10.0 Å². The quantitative estimate of drug-likeness (QED) is 0.821. The van der Waals surface area contributed by atoms with Crippen molar-refractivity contribution in [1.29, 1.82) is 0 Å². The van der Waals surface area contributed by atoms with E-state index in [0.29, 0.717) is 4.47 Å². The summed E-state index contributed by atoms with van der Waals surface area (Å²) in [4.78, 5) is 11.0. The number of carbonyl (C=O) groups is 1. The number of hydrogen-bond acceptors (Lipinski definition) is 4. The standard InChI is InChI=1S/C10H12BrNO5S/c1-17-5-6-18(15,16)12-9-7(10(13)14)3-2-4-8(9)11/h2-4,12H,5-6H2,1H3,(H,13,14). The number of halogens is 1. The third-order valence-electron chi connectivity index (χ3n) is 2.06. The summed E-state index contributed by atoms with van der Waals surface area (Å²) in [6.07, 6.45) is 0. The molecule has 0 atom stereocenters. The van der Waals surface area contributed by atoms with Gasteiger partial charge in [0.15, 0.2) is 0 Å². The van der Waals surface area contributed by atoms with Gasteiger partial charge in [-0.1, -0.05) is 6.07 Å². The van der Waals surface area contributed by atoms with Crippen molar-refractivity contribution in [2.24, 2.45) is 0 Å². The highest BCUT2D eigenvalue weighted by molar-refractivity contribution is 9.10. The van der Waals surface area contributed by atoms with Crippen LogP contribution in [0, 0.1) is 0 Å². The minimum absolute atomic E-state index is 0.0149. The molecular formula is C10H12BrNO5S. The molecule has 0 aliphatic carbocycles. The van der Waals surface area contributed by atoms with E-state index in [1.54, 1.807) is 6.07 Å². The lowest BCUT2D eigenvalue weighted by molar-refractivity contribution is 0.0698. The van der Waals surface area contributed by atoms with Gasteiger partial charge in [0.1, 0.15) is 0 Å². The monoisotopic (exact) mass is 337 g/mol. The molecule has 1 aromatic carbocycles. The zero-order valence-electron chi connectivity index (χ0n) is 9.51. The molecule has 0 aliphatic heterocycles. The van der Waals surface area contributed by atoms with E-state index in [9.17, 15) is 13.2 Å². The van der Waals surface area contributed by atoms with E-state index in [2.05, 4.69) is 25.4 Å². The van der Waals surface area contributed by atoms with Gasteiger partial charge in [-0.15, -0.1) is 0 Å². The molecule has 0 bridgehead atoms. The van der Waals surface area contributed by atoms with Crippen LogP contribution in [0.15, 0.2) is 22.7 Å². The molecule has 18 heavy (non-hydrogen) atoms. The lowest BCUT2D eigenvalue weighted by Crippen LogP contribution is -2.21. The zero-order valence-corrected chi connectivity index (χ0v) is 11.9. The van der Waals surface area contributed by atoms with E-state index in [0.717, 1.165) is 0 Å². The molecule has 0 unspecified atom stereocenters. The highest BCUT2D eigenvalue weighted by Crippen LogP contribution is 2.27. The number of methoxy groups -OCH3 is 1. The highest BCUT2D eigenvalue weighted by atomic mass is 79.9. The molecule has 1 rings (SSSR count). The maximum atomic E-state index is 11.7. The SMILES string of the molecule is COCCS(=O)(=O)Nc1c(Br)cccc1C(=O)O. The maximum absolute atomic E-state index is 11.7. The van der Waals surface area contributed by atoms with Crippen LogP contribution in [0.3, 0.4) is 0 Å². The van der Waals surface area contributed by atoms with Crippen molar-refractivity contribution >= 4 is 37.6 Å². The van der Waals surface area contributed by atoms with Gasteiger partial charge in [-0.2, -0.15) is 0 Å². The molecule has 0 radical (unpaired) electrons. The summed E-state index contributed by atoms with van der Waals surface area (Å²) in [5, 5.41) is 8.98. The summed E-state index contributed by atoms with van der Waals surface area (Å²) in [6, 6.07) is 4.39. The molecule has 100 valence electrons. The molecule has 6 nitrogen and oxygen atoms in total. The van der Waals surface area contributed by atoms with Crippen LogP contribution in [0.1, 0.15) is 10.4 Å². The number of carboxylic acid groups (broad SMARTS) is 1. The molecule has 0 aliphatic rings. The first kappa shape index (κ1) is 14.9. The normalized spacial score (nSPS) is 11.2. The van der Waals surface area contributed by atoms with Crippen molar-refractivity contribution in [2.45, 2.75) is 0 Å². The summed E-state index contributed by atoms with van der Waals surface area (Å²) < 4.78 is 30.6. The Morgan fingerprint density at radius 2 is 2.17 bits per heavy atom. The molecule has 0 spiro atoms. The molecule has 0 saturated carbocycles. The molecule has 0 fully saturated rings. The molecular weight excluding hydrogens is 326 g/mol. The van der Waals surface area contributed by atoms with Crippen LogP contribution in [0.25, 0.3) is 0 Å². The van der Waals surface area contributed by atoms with Crippen molar-refractivity contribution in [3.05, 3.63) is 28.2 Å². The van der Waals surface area contributed by atoms with Gasteiger partial charge in [-0.25, -0.2) is 13.2 Å². The van der Waals surface area contributed by atoms with Crippen molar-refractivity contribution in [1.82, 2.24) is 0 Å². The Balaban J connectivity index is 3.07. The first-order chi connectivity index (χ1) is 8.37. The fraction of sp³-hybridized carbons (Fsp3) is 0.300. The van der Waals surface area contributed by atoms with Crippen LogP contribution in [0.2, 0.25) is 0 Å². The number of carboxylic acids is 1. The third-order valence-corrected chi connectivity index (χ3v) is 3.94. The lowest BCUT2D eigenvalue weighted by atomic mass is 10.2. The van der Waals surface area contributed by atoms with Crippen molar-refractivity contribution in [3.8, 4) is 0 Å². The average molecular weight is 338 g/mol. The number of aromatic carboxylic acids is 1. The van der Waals surface area contributed by atoms with Gasteiger partial charge < -0.3 is 9.84 Å². The number of rotatable bonds is 6. The Kier molecular flexibility index (Phi) is 5.12. The zero-order chi connectivity index (χ0) is 13.8. The average Bonchev–Trinajstić information content (AvgIpc) is 2.28. The topological polar surface area (TPSA) is 92.7 Å². The number of hydrogen-bond donors (Lipinski definition) is 2. The summed E-state index contributed by atoms with van der Waals surface area (Å²) in [7, 11) is -2.26. The second-order valence-electron chi connectivity index (χ2n) is 3.38. The van der Waals surface area contributed by atoms with Crippen LogP contribution in [0.4, 0.5) is 5.69 Å². The van der Waals surface area contributed by atoms with Crippen LogP contribution in [-0.4, -0.2) is 39.0 Å². The van der Waals surface area contributed by atoms with Gasteiger partial charge in [0.05, 0.1) is 23.6 Å². The summed E-state index contributed by atoms with van der Waals surface area (Å²) in [5.41, 5.74) is -0.105. The van der Waals surface area contributed by atoms with Crippen molar-refractivity contribution < 1.29 is 23.1 Å². The molecule has 0 amide bonds. The molecule has 0 saturated heterocycles. The number of para-hydroxylation sites is 1.